The lowest BCUT2D eigenvalue weighted by molar-refractivity contribution is -0.143. The minimum Gasteiger partial charge on any atom is -0.466 e. The first-order valence-electron chi connectivity index (χ1n) is 33.6. The first-order valence-corrected chi connectivity index (χ1v) is 33.6. The Kier molecular flexibility index (Phi) is 62.4. The van der Waals surface area contributed by atoms with Gasteiger partial charge in [0.2, 0.25) is 5.91 Å². The third-order valence-electron chi connectivity index (χ3n) is 15.7. The number of aliphatic hydroxyl groups excluding tert-OH is 2. The van der Waals surface area contributed by atoms with E-state index in [1.807, 2.05) is 0 Å². The Hall–Kier alpha value is -1.66. The standard InChI is InChI=1S/C68H131NO5/c1-3-5-7-9-11-13-15-17-18-19-20-24-27-30-33-37-40-44-48-52-56-60-66(71)65(64-70)69-67(72)61-57-53-49-45-41-38-34-31-28-25-22-21-23-26-29-32-35-39-43-47-51-55-59-63-74-68(73)62-58-54-50-46-42-36-16-14-12-10-8-6-4-2/h14,16,25,28,65-66,70-71H,3-13,15,17-24,26-27,29-64H2,1-2H3,(H,69,72)/b16-14-,28-25-. The summed E-state index contributed by atoms with van der Waals surface area (Å²) in [5.41, 5.74) is 0. The van der Waals surface area contributed by atoms with E-state index in [2.05, 4.69) is 43.5 Å². The molecular formula is C68H131NO5. The van der Waals surface area contributed by atoms with E-state index in [0.29, 0.717) is 25.9 Å². The number of rotatable bonds is 63. The van der Waals surface area contributed by atoms with Gasteiger partial charge in [-0.3, -0.25) is 9.59 Å². The minimum absolute atomic E-state index is 0.00291. The van der Waals surface area contributed by atoms with E-state index < -0.39 is 12.1 Å². The highest BCUT2D eigenvalue weighted by Crippen LogP contribution is 2.18. The third-order valence-corrected chi connectivity index (χ3v) is 15.7. The van der Waals surface area contributed by atoms with Crippen LogP contribution in [0.4, 0.5) is 0 Å². The van der Waals surface area contributed by atoms with Crippen molar-refractivity contribution in [3.05, 3.63) is 24.3 Å². The molecule has 0 aromatic rings. The summed E-state index contributed by atoms with van der Waals surface area (Å²) >= 11 is 0. The van der Waals surface area contributed by atoms with Gasteiger partial charge in [-0.2, -0.15) is 0 Å². The number of nitrogens with one attached hydrogen (secondary N) is 1. The maximum atomic E-state index is 12.5. The summed E-state index contributed by atoms with van der Waals surface area (Å²) in [6, 6.07) is -0.547. The van der Waals surface area contributed by atoms with Crippen LogP contribution in [-0.4, -0.2) is 47.4 Å². The summed E-state index contributed by atoms with van der Waals surface area (Å²) in [5.74, 6) is -0.0346. The van der Waals surface area contributed by atoms with Crippen molar-refractivity contribution in [2.75, 3.05) is 13.2 Å². The number of amides is 1. The Morgan fingerprint density at radius 2 is 0.635 bits per heavy atom. The van der Waals surface area contributed by atoms with Gasteiger partial charge in [0.05, 0.1) is 25.4 Å². The van der Waals surface area contributed by atoms with Crippen LogP contribution in [-0.2, 0) is 14.3 Å². The third kappa shape index (κ3) is 59.6. The average molecular weight is 1040 g/mol. The number of aliphatic hydroxyl groups is 2. The van der Waals surface area contributed by atoms with Gasteiger partial charge in [-0.25, -0.2) is 0 Å². The van der Waals surface area contributed by atoms with Crippen molar-refractivity contribution in [2.45, 2.75) is 386 Å². The number of carbonyl (C=O) groups excluding carboxylic acids is 2. The van der Waals surface area contributed by atoms with Crippen LogP contribution in [0.25, 0.3) is 0 Å². The summed E-state index contributed by atoms with van der Waals surface area (Å²) in [7, 11) is 0. The Balaban J connectivity index is 3.41. The second kappa shape index (κ2) is 63.9. The van der Waals surface area contributed by atoms with Gasteiger partial charge >= 0.3 is 5.97 Å². The first-order chi connectivity index (χ1) is 36.5. The molecule has 0 radical (unpaired) electrons. The predicted octanol–water partition coefficient (Wildman–Crippen LogP) is 21.4. The number of esters is 1. The molecule has 0 spiro atoms. The molecule has 0 aromatic carbocycles. The lowest BCUT2D eigenvalue weighted by atomic mass is 10.0. The molecule has 0 saturated carbocycles. The Morgan fingerprint density at radius 1 is 0.365 bits per heavy atom. The van der Waals surface area contributed by atoms with Crippen molar-refractivity contribution in [1.29, 1.82) is 0 Å². The van der Waals surface area contributed by atoms with Gasteiger partial charge in [0, 0.05) is 12.8 Å². The second-order valence-electron chi connectivity index (χ2n) is 23.1. The Bertz CT molecular complexity index is 1150. The zero-order valence-electron chi connectivity index (χ0n) is 50.1. The lowest BCUT2D eigenvalue weighted by Crippen LogP contribution is -2.45. The van der Waals surface area contributed by atoms with Gasteiger partial charge in [0.25, 0.3) is 0 Å². The fraction of sp³-hybridized carbons (Fsp3) is 0.912. The fourth-order valence-corrected chi connectivity index (χ4v) is 10.6. The Morgan fingerprint density at radius 3 is 0.973 bits per heavy atom. The topological polar surface area (TPSA) is 95.9 Å². The highest BCUT2D eigenvalue weighted by atomic mass is 16.5. The molecule has 438 valence electrons. The van der Waals surface area contributed by atoms with Crippen LogP contribution in [0.2, 0.25) is 0 Å². The molecule has 0 bridgehead atoms. The smallest absolute Gasteiger partial charge is 0.305 e. The highest BCUT2D eigenvalue weighted by molar-refractivity contribution is 5.76. The molecule has 6 nitrogen and oxygen atoms in total. The van der Waals surface area contributed by atoms with Crippen LogP contribution in [0.3, 0.4) is 0 Å². The van der Waals surface area contributed by atoms with E-state index in [4.69, 9.17) is 4.74 Å². The molecule has 0 heterocycles. The van der Waals surface area contributed by atoms with Crippen molar-refractivity contribution in [3.63, 3.8) is 0 Å². The fourth-order valence-electron chi connectivity index (χ4n) is 10.6. The molecule has 3 N–H and O–H groups in total. The minimum atomic E-state index is -0.669. The largest absolute Gasteiger partial charge is 0.466 e. The molecule has 0 aliphatic heterocycles. The van der Waals surface area contributed by atoms with Crippen molar-refractivity contribution >= 4 is 11.9 Å². The van der Waals surface area contributed by atoms with E-state index in [1.54, 1.807) is 0 Å². The van der Waals surface area contributed by atoms with Crippen molar-refractivity contribution in [3.8, 4) is 0 Å². The normalized spacial score (nSPS) is 12.6. The molecular weight excluding hydrogens is 911 g/mol. The molecule has 0 aliphatic rings. The second-order valence-corrected chi connectivity index (χ2v) is 23.1. The number of hydrogen-bond acceptors (Lipinski definition) is 5. The van der Waals surface area contributed by atoms with Gasteiger partial charge in [-0.05, 0) is 77.0 Å². The zero-order valence-corrected chi connectivity index (χ0v) is 50.1. The summed E-state index contributed by atoms with van der Waals surface area (Å²) in [6.45, 7) is 4.96. The molecule has 6 heteroatoms. The van der Waals surface area contributed by atoms with Gasteiger partial charge in [0.1, 0.15) is 0 Å². The zero-order chi connectivity index (χ0) is 53.6. The molecule has 0 fully saturated rings. The van der Waals surface area contributed by atoms with E-state index in [0.717, 1.165) is 44.9 Å². The van der Waals surface area contributed by atoms with Gasteiger partial charge < -0.3 is 20.3 Å². The number of carbonyl (C=O) groups is 2. The van der Waals surface area contributed by atoms with E-state index in [-0.39, 0.29) is 18.5 Å². The lowest BCUT2D eigenvalue weighted by Gasteiger charge is -2.22. The van der Waals surface area contributed by atoms with Gasteiger partial charge in [-0.1, -0.05) is 308 Å². The Labute approximate surface area is 462 Å². The molecule has 2 atom stereocenters. The van der Waals surface area contributed by atoms with Gasteiger partial charge in [-0.15, -0.1) is 0 Å². The average Bonchev–Trinajstić information content (AvgIpc) is 3.40. The van der Waals surface area contributed by atoms with Gasteiger partial charge in [0.15, 0.2) is 0 Å². The van der Waals surface area contributed by atoms with Crippen LogP contribution in [0, 0.1) is 0 Å². The van der Waals surface area contributed by atoms with Crippen LogP contribution in [0.5, 0.6) is 0 Å². The number of unbranched alkanes of at least 4 members (excludes halogenated alkanes) is 48. The SMILES string of the molecule is CCCCCC/C=C\CCCCCCCC(=O)OCCCCCCCCCCCCCC/C=C\CCCCCCCCCC(=O)NC(CO)C(O)CCCCCCCCCCCCCCCCCCCCCCC. The van der Waals surface area contributed by atoms with E-state index in [1.165, 1.54) is 295 Å². The predicted molar refractivity (Wildman–Crippen MR) is 324 cm³/mol. The summed E-state index contributed by atoms with van der Waals surface area (Å²) in [6.07, 6.45) is 79.2. The highest BCUT2D eigenvalue weighted by Gasteiger charge is 2.20. The van der Waals surface area contributed by atoms with E-state index >= 15 is 0 Å². The molecule has 1 amide bonds. The monoisotopic (exact) mass is 1040 g/mol. The maximum Gasteiger partial charge on any atom is 0.305 e. The summed E-state index contributed by atoms with van der Waals surface area (Å²) < 4.78 is 5.47. The van der Waals surface area contributed by atoms with Crippen LogP contribution >= 0.6 is 0 Å². The van der Waals surface area contributed by atoms with Crippen molar-refractivity contribution in [2.24, 2.45) is 0 Å². The number of hydrogen-bond donors (Lipinski definition) is 3. The van der Waals surface area contributed by atoms with Crippen LogP contribution in [0.1, 0.15) is 373 Å². The molecule has 74 heavy (non-hydrogen) atoms. The number of allylic oxidation sites excluding steroid dienone is 4. The molecule has 0 aromatic heterocycles. The maximum absolute atomic E-state index is 12.5. The molecule has 0 saturated heterocycles. The van der Waals surface area contributed by atoms with Crippen molar-refractivity contribution < 1.29 is 24.5 Å². The van der Waals surface area contributed by atoms with Crippen LogP contribution in [0.15, 0.2) is 24.3 Å². The van der Waals surface area contributed by atoms with E-state index in [9.17, 15) is 19.8 Å². The molecule has 0 aliphatic carbocycles. The number of ether oxygens (including phenoxy) is 1. The molecule has 0 rings (SSSR count). The quantitative estimate of drug-likeness (QED) is 0.0320. The van der Waals surface area contributed by atoms with Crippen molar-refractivity contribution in [1.82, 2.24) is 5.32 Å². The van der Waals surface area contributed by atoms with Crippen LogP contribution < -0.4 is 5.32 Å². The summed E-state index contributed by atoms with van der Waals surface area (Å²) in [5, 5.41) is 23.4. The summed E-state index contributed by atoms with van der Waals surface area (Å²) in [4.78, 5) is 24.6. The first kappa shape index (κ1) is 72.3. The molecule has 2 unspecified atom stereocenters.